The van der Waals surface area contributed by atoms with Gasteiger partial charge in [0.25, 0.3) is 0 Å². The average Bonchev–Trinajstić information content (AvgIpc) is 2.64. The van der Waals surface area contributed by atoms with Crippen molar-refractivity contribution in [2.24, 2.45) is 5.73 Å². The van der Waals surface area contributed by atoms with E-state index in [0.29, 0.717) is 6.54 Å². The normalized spacial score (nSPS) is 22.6. The summed E-state index contributed by atoms with van der Waals surface area (Å²) in [6.45, 7) is 8.14. The fraction of sp³-hybridized carbons (Fsp3) is 0.692. The Morgan fingerprint density at radius 1 is 1.42 bits per heavy atom. The number of rotatable bonds is 3. The minimum absolute atomic E-state index is 0.135. The maximum atomic E-state index is 5.97. The molecule has 0 aromatic carbocycles. The van der Waals surface area contributed by atoms with E-state index < -0.39 is 0 Å². The molecule has 0 amide bonds. The summed E-state index contributed by atoms with van der Waals surface area (Å²) in [6, 6.07) is 2.14. The molecule has 1 aromatic rings. The highest BCUT2D eigenvalue weighted by atomic mass is 79.9. The fourth-order valence-corrected chi connectivity index (χ4v) is 3.12. The molecule has 1 aliphatic heterocycles. The standard InChI is InChI=1S/C13H21Br2N3O/c1-13(2)8-18(5-4-17(13)3)10(7-16)11-6-9(14)12(15)19-11/h6,10H,4-5,7-8,16H2,1-3H3. The van der Waals surface area contributed by atoms with Crippen LogP contribution in [0.25, 0.3) is 0 Å². The fourth-order valence-electron chi connectivity index (χ4n) is 2.52. The zero-order valence-corrected chi connectivity index (χ0v) is 14.8. The number of hydrogen-bond acceptors (Lipinski definition) is 4. The Morgan fingerprint density at radius 2 is 2.11 bits per heavy atom. The third kappa shape index (κ3) is 3.24. The van der Waals surface area contributed by atoms with Crippen LogP contribution >= 0.6 is 31.9 Å². The van der Waals surface area contributed by atoms with Crippen molar-refractivity contribution < 1.29 is 4.42 Å². The summed E-state index contributed by atoms with van der Waals surface area (Å²) in [5.41, 5.74) is 6.13. The van der Waals surface area contributed by atoms with E-state index in [9.17, 15) is 0 Å². The van der Waals surface area contributed by atoms with Gasteiger partial charge in [-0.2, -0.15) is 0 Å². The molecular weight excluding hydrogens is 374 g/mol. The number of nitrogens with two attached hydrogens (primary N) is 1. The number of hydrogen-bond donors (Lipinski definition) is 1. The molecule has 1 unspecified atom stereocenters. The second-order valence-electron chi connectivity index (χ2n) is 5.73. The second-order valence-corrected chi connectivity index (χ2v) is 7.30. The molecule has 2 N–H and O–H groups in total. The molecule has 108 valence electrons. The first-order chi connectivity index (χ1) is 8.85. The molecule has 0 radical (unpaired) electrons. The Labute approximate surface area is 131 Å². The van der Waals surface area contributed by atoms with Crippen molar-refractivity contribution >= 4 is 31.9 Å². The van der Waals surface area contributed by atoms with Crippen molar-refractivity contribution in [2.75, 3.05) is 33.2 Å². The zero-order valence-electron chi connectivity index (χ0n) is 11.6. The third-order valence-corrected chi connectivity index (χ3v) is 5.71. The molecule has 1 saturated heterocycles. The SMILES string of the molecule is CN1CCN(C(CN)c2cc(Br)c(Br)o2)CC1(C)C. The van der Waals surface area contributed by atoms with Gasteiger partial charge < -0.3 is 10.2 Å². The Kier molecular flexibility index (Phi) is 4.78. The summed E-state index contributed by atoms with van der Waals surface area (Å²) in [4.78, 5) is 4.81. The van der Waals surface area contributed by atoms with Crippen molar-refractivity contribution in [1.82, 2.24) is 9.80 Å². The number of piperazine rings is 1. The van der Waals surface area contributed by atoms with Gasteiger partial charge in [0.15, 0.2) is 4.67 Å². The minimum Gasteiger partial charge on any atom is -0.451 e. The van der Waals surface area contributed by atoms with Crippen molar-refractivity contribution in [1.29, 1.82) is 0 Å². The molecule has 6 heteroatoms. The number of furan rings is 1. The molecule has 0 saturated carbocycles. The summed E-state index contributed by atoms with van der Waals surface area (Å²) in [5, 5.41) is 0. The van der Waals surface area contributed by atoms with Crippen molar-refractivity contribution in [3.05, 3.63) is 21.0 Å². The minimum atomic E-state index is 0.135. The van der Waals surface area contributed by atoms with Gasteiger partial charge in [-0.25, -0.2) is 0 Å². The van der Waals surface area contributed by atoms with Crippen LogP contribution in [0.3, 0.4) is 0 Å². The highest BCUT2D eigenvalue weighted by molar-refractivity contribution is 9.13. The van der Waals surface area contributed by atoms with E-state index in [-0.39, 0.29) is 11.6 Å². The van der Waals surface area contributed by atoms with Crippen LogP contribution in [0.2, 0.25) is 0 Å². The quantitative estimate of drug-likeness (QED) is 0.856. The van der Waals surface area contributed by atoms with E-state index in [1.165, 1.54) is 0 Å². The maximum Gasteiger partial charge on any atom is 0.183 e. The van der Waals surface area contributed by atoms with Crippen molar-refractivity contribution in [3.8, 4) is 0 Å². The first kappa shape index (κ1) is 15.5. The van der Waals surface area contributed by atoms with E-state index in [1.54, 1.807) is 0 Å². The van der Waals surface area contributed by atoms with Crippen LogP contribution in [0, 0.1) is 0 Å². The van der Waals surface area contributed by atoms with Crippen LogP contribution in [0.15, 0.2) is 19.6 Å². The molecule has 1 aliphatic rings. The highest BCUT2D eigenvalue weighted by Gasteiger charge is 2.35. The summed E-state index contributed by atoms with van der Waals surface area (Å²) in [7, 11) is 2.18. The number of halogens is 2. The lowest BCUT2D eigenvalue weighted by Crippen LogP contribution is -2.58. The van der Waals surface area contributed by atoms with Gasteiger partial charge in [-0.05, 0) is 58.8 Å². The van der Waals surface area contributed by atoms with Gasteiger partial charge in [-0.15, -0.1) is 0 Å². The molecule has 1 aromatic heterocycles. The summed E-state index contributed by atoms with van der Waals surface area (Å²) in [5.74, 6) is 0.918. The van der Waals surface area contributed by atoms with E-state index in [4.69, 9.17) is 10.2 Å². The van der Waals surface area contributed by atoms with E-state index >= 15 is 0 Å². The second kappa shape index (κ2) is 5.85. The molecule has 2 heterocycles. The molecule has 0 spiro atoms. The van der Waals surface area contributed by atoms with Gasteiger partial charge in [-0.1, -0.05) is 0 Å². The maximum absolute atomic E-state index is 5.97. The van der Waals surface area contributed by atoms with Crippen LogP contribution in [-0.4, -0.2) is 48.6 Å². The van der Waals surface area contributed by atoms with Crippen molar-refractivity contribution in [3.63, 3.8) is 0 Å². The van der Waals surface area contributed by atoms with Gasteiger partial charge in [0.1, 0.15) is 5.76 Å². The topological polar surface area (TPSA) is 45.6 Å². The third-order valence-electron chi connectivity index (χ3n) is 4.00. The van der Waals surface area contributed by atoms with Gasteiger partial charge >= 0.3 is 0 Å². The molecule has 0 aliphatic carbocycles. The molecular formula is C13H21Br2N3O. The molecule has 1 fully saturated rings. The number of likely N-dealkylation sites (N-methyl/N-ethyl adjacent to an activating group) is 1. The number of nitrogens with zero attached hydrogens (tertiary/aromatic N) is 2. The lowest BCUT2D eigenvalue weighted by atomic mass is 9.98. The van der Waals surface area contributed by atoms with Crippen LogP contribution < -0.4 is 5.73 Å². The van der Waals surface area contributed by atoms with Crippen LogP contribution in [0.5, 0.6) is 0 Å². The molecule has 1 atom stereocenters. The monoisotopic (exact) mass is 393 g/mol. The lowest BCUT2D eigenvalue weighted by molar-refractivity contribution is 0.0131. The average molecular weight is 395 g/mol. The van der Waals surface area contributed by atoms with Gasteiger partial charge in [0.05, 0.1) is 10.5 Å². The van der Waals surface area contributed by atoms with Gasteiger partial charge in [-0.3, -0.25) is 9.80 Å². The largest absolute Gasteiger partial charge is 0.451 e. The molecule has 19 heavy (non-hydrogen) atoms. The van der Waals surface area contributed by atoms with Crippen LogP contribution in [0.4, 0.5) is 0 Å². The zero-order chi connectivity index (χ0) is 14.2. The predicted molar refractivity (Wildman–Crippen MR) is 84.2 cm³/mol. The van der Waals surface area contributed by atoms with Crippen LogP contribution in [-0.2, 0) is 0 Å². The Hall–Kier alpha value is 0.120. The smallest absolute Gasteiger partial charge is 0.183 e. The Balaban J connectivity index is 2.18. The lowest BCUT2D eigenvalue weighted by Gasteiger charge is -2.47. The summed E-state index contributed by atoms with van der Waals surface area (Å²) in [6.07, 6.45) is 0. The Bertz CT molecular complexity index is 428. The first-order valence-electron chi connectivity index (χ1n) is 6.45. The predicted octanol–water partition coefficient (Wildman–Crippen LogP) is 2.83. The van der Waals surface area contributed by atoms with Crippen molar-refractivity contribution in [2.45, 2.75) is 25.4 Å². The van der Waals surface area contributed by atoms with Gasteiger partial charge in [0.2, 0.25) is 0 Å². The summed E-state index contributed by atoms with van der Waals surface area (Å²) < 4.78 is 7.42. The van der Waals surface area contributed by atoms with E-state index in [2.05, 4.69) is 62.6 Å². The highest BCUT2D eigenvalue weighted by Crippen LogP contribution is 2.33. The van der Waals surface area contributed by atoms with E-state index in [1.807, 2.05) is 6.07 Å². The molecule has 2 rings (SSSR count). The summed E-state index contributed by atoms with van der Waals surface area (Å²) >= 11 is 6.85. The van der Waals surface area contributed by atoms with E-state index in [0.717, 1.165) is 34.5 Å². The Morgan fingerprint density at radius 3 is 2.58 bits per heavy atom. The molecule has 4 nitrogen and oxygen atoms in total. The molecule has 0 bridgehead atoms. The van der Waals surface area contributed by atoms with Gasteiger partial charge in [0, 0.05) is 31.7 Å². The van der Waals surface area contributed by atoms with Crippen LogP contribution in [0.1, 0.15) is 25.6 Å². The first-order valence-corrected chi connectivity index (χ1v) is 8.04.